The third kappa shape index (κ3) is 3.62. The van der Waals surface area contributed by atoms with E-state index in [0.29, 0.717) is 5.69 Å². The Labute approximate surface area is 168 Å². The minimum atomic E-state index is -1.60. The molecule has 0 spiro atoms. The molecule has 0 aliphatic carbocycles. The first-order valence-electron chi connectivity index (χ1n) is 8.27. The van der Waals surface area contributed by atoms with Gasteiger partial charge in [0.25, 0.3) is 5.91 Å². The van der Waals surface area contributed by atoms with E-state index >= 15 is 0 Å². The number of hydrogen-bond acceptors (Lipinski definition) is 3. The Bertz CT molecular complexity index is 998. The van der Waals surface area contributed by atoms with Crippen molar-refractivity contribution >= 4 is 39.5 Å². The molecular formula is C19H16BrF2N3O3. The van der Waals surface area contributed by atoms with Gasteiger partial charge in [0.2, 0.25) is 5.91 Å². The molecule has 2 N–H and O–H groups in total. The first kappa shape index (κ1) is 19.9. The number of nitrogens with zero attached hydrogens (tertiary/aromatic N) is 1. The van der Waals surface area contributed by atoms with Crippen LogP contribution in [-0.4, -0.2) is 29.3 Å². The number of imide groups is 1. The summed E-state index contributed by atoms with van der Waals surface area (Å²) in [5.41, 5.74) is -0.101. The fourth-order valence-corrected chi connectivity index (χ4v) is 3.16. The molecule has 1 aliphatic rings. The van der Waals surface area contributed by atoms with Crippen LogP contribution in [0.15, 0.2) is 40.9 Å². The van der Waals surface area contributed by atoms with Gasteiger partial charge in [-0.2, -0.15) is 0 Å². The van der Waals surface area contributed by atoms with Crippen LogP contribution in [0.25, 0.3) is 0 Å². The topological polar surface area (TPSA) is 78.5 Å². The number of aryl methyl sites for hydroxylation is 1. The van der Waals surface area contributed by atoms with Crippen molar-refractivity contribution in [2.24, 2.45) is 0 Å². The Morgan fingerprint density at radius 2 is 1.89 bits per heavy atom. The van der Waals surface area contributed by atoms with Gasteiger partial charge < -0.3 is 10.6 Å². The molecule has 1 atom stereocenters. The molecule has 0 aromatic heterocycles. The summed E-state index contributed by atoms with van der Waals surface area (Å²) in [6.45, 7) is 2.71. The summed E-state index contributed by atoms with van der Waals surface area (Å²) in [5.74, 6) is -3.50. The predicted octanol–water partition coefficient (Wildman–Crippen LogP) is 3.44. The monoisotopic (exact) mass is 451 g/mol. The van der Waals surface area contributed by atoms with Crippen LogP contribution in [0.5, 0.6) is 0 Å². The maximum absolute atomic E-state index is 13.6. The van der Waals surface area contributed by atoms with Crippen molar-refractivity contribution < 1.29 is 23.2 Å². The molecule has 1 fully saturated rings. The van der Waals surface area contributed by atoms with E-state index in [1.807, 2.05) is 6.92 Å². The number of hydrogen-bond donors (Lipinski definition) is 2. The standard InChI is InChI=1S/C19H16BrF2N3O3/c1-10-7-12(4-5-13(10)20)23-16(26)9-25-17(27)19(2,24-18(25)28)11-3-6-14(21)15(22)8-11/h3-8H,9H2,1-2H3,(H,23,26)(H,24,28). The SMILES string of the molecule is Cc1cc(NC(=O)CN2C(=O)NC(C)(c3ccc(F)c(F)c3)C2=O)ccc1Br. The Balaban J connectivity index is 1.76. The molecule has 28 heavy (non-hydrogen) atoms. The lowest BCUT2D eigenvalue weighted by molar-refractivity contribution is -0.133. The van der Waals surface area contributed by atoms with Crippen molar-refractivity contribution in [3.8, 4) is 0 Å². The fraction of sp³-hybridized carbons (Fsp3) is 0.211. The first-order chi connectivity index (χ1) is 13.1. The summed E-state index contributed by atoms with van der Waals surface area (Å²) in [6, 6.07) is 7.32. The van der Waals surface area contributed by atoms with Gasteiger partial charge in [0, 0.05) is 10.2 Å². The lowest BCUT2D eigenvalue weighted by Crippen LogP contribution is -2.42. The lowest BCUT2D eigenvalue weighted by atomic mass is 9.92. The zero-order valence-electron chi connectivity index (χ0n) is 15.0. The van der Waals surface area contributed by atoms with Crippen LogP contribution in [0.1, 0.15) is 18.1 Å². The normalized spacial score (nSPS) is 19.0. The van der Waals surface area contributed by atoms with Crippen LogP contribution in [-0.2, 0) is 15.1 Å². The quantitative estimate of drug-likeness (QED) is 0.698. The third-order valence-electron chi connectivity index (χ3n) is 4.52. The molecule has 4 amide bonds. The van der Waals surface area contributed by atoms with E-state index in [9.17, 15) is 23.2 Å². The van der Waals surface area contributed by atoms with Crippen molar-refractivity contribution in [2.45, 2.75) is 19.4 Å². The maximum Gasteiger partial charge on any atom is 0.325 e. The second-order valence-corrected chi connectivity index (χ2v) is 7.44. The predicted molar refractivity (Wildman–Crippen MR) is 101 cm³/mol. The van der Waals surface area contributed by atoms with E-state index in [2.05, 4.69) is 26.6 Å². The van der Waals surface area contributed by atoms with Crippen LogP contribution in [0, 0.1) is 18.6 Å². The first-order valence-corrected chi connectivity index (χ1v) is 9.07. The van der Waals surface area contributed by atoms with Crippen molar-refractivity contribution in [3.05, 3.63) is 63.6 Å². The molecular weight excluding hydrogens is 436 g/mol. The van der Waals surface area contributed by atoms with Gasteiger partial charge in [0.05, 0.1) is 0 Å². The highest BCUT2D eigenvalue weighted by Crippen LogP contribution is 2.29. The Kier molecular flexibility index (Phi) is 5.20. The zero-order chi connectivity index (χ0) is 20.6. The van der Waals surface area contributed by atoms with Gasteiger partial charge in [-0.3, -0.25) is 14.5 Å². The van der Waals surface area contributed by atoms with Crippen LogP contribution >= 0.6 is 15.9 Å². The van der Waals surface area contributed by atoms with Gasteiger partial charge in [0.1, 0.15) is 12.1 Å². The fourth-order valence-electron chi connectivity index (χ4n) is 2.91. The minimum absolute atomic E-state index is 0.0798. The van der Waals surface area contributed by atoms with Gasteiger partial charge in [-0.15, -0.1) is 0 Å². The summed E-state index contributed by atoms with van der Waals surface area (Å²) in [6.07, 6.45) is 0. The minimum Gasteiger partial charge on any atom is -0.325 e. The molecule has 146 valence electrons. The van der Waals surface area contributed by atoms with Gasteiger partial charge >= 0.3 is 6.03 Å². The number of anilines is 1. The van der Waals surface area contributed by atoms with Gasteiger partial charge in [-0.25, -0.2) is 13.6 Å². The molecule has 0 saturated carbocycles. The number of carbonyl (C=O) groups is 3. The molecule has 2 aromatic carbocycles. The van der Waals surface area contributed by atoms with Crippen molar-refractivity contribution in [1.82, 2.24) is 10.2 Å². The summed E-state index contributed by atoms with van der Waals surface area (Å²) in [5, 5.41) is 5.06. The molecule has 3 rings (SSSR count). The van der Waals surface area contributed by atoms with E-state index in [1.165, 1.54) is 13.0 Å². The van der Waals surface area contributed by atoms with Crippen molar-refractivity contribution in [3.63, 3.8) is 0 Å². The van der Waals surface area contributed by atoms with Crippen molar-refractivity contribution in [1.29, 1.82) is 0 Å². The van der Waals surface area contributed by atoms with Gasteiger partial charge in [-0.1, -0.05) is 22.0 Å². The highest BCUT2D eigenvalue weighted by atomic mass is 79.9. The van der Waals surface area contributed by atoms with Crippen LogP contribution in [0.3, 0.4) is 0 Å². The molecule has 1 aliphatic heterocycles. The smallest absolute Gasteiger partial charge is 0.325 e. The molecule has 6 nitrogen and oxygen atoms in total. The van der Waals surface area contributed by atoms with Crippen LogP contribution in [0.4, 0.5) is 19.3 Å². The summed E-state index contributed by atoms with van der Waals surface area (Å²) in [7, 11) is 0. The third-order valence-corrected chi connectivity index (χ3v) is 5.41. The number of rotatable bonds is 4. The summed E-state index contributed by atoms with van der Waals surface area (Å²) in [4.78, 5) is 38.0. The molecule has 1 heterocycles. The molecule has 9 heteroatoms. The number of urea groups is 1. The van der Waals surface area contributed by atoms with E-state index in [0.717, 1.165) is 27.1 Å². The van der Waals surface area contributed by atoms with Crippen molar-refractivity contribution in [2.75, 3.05) is 11.9 Å². The highest BCUT2D eigenvalue weighted by Gasteiger charge is 2.49. The van der Waals surface area contributed by atoms with Crippen LogP contribution < -0.4 is 10.6 Å². The Morgan fingerprint density at radius 1 is 1.18 bits per heavy atom. The average molecular weight is 452 g/mol. The second kappa shape index (κ2) is 7.31. The molecule has 1 saturated heterocycles. The lowest BCUT2D eigenvalue weighted by Gasteiger charge is -2.22. The average Bonchev–Trinajstić information content (AvgIpc) is 2.84. The largest absolute Gasteiger partial charge is 0.325 e. The number of benzene rings is 2. The van der Waals surface area contributed by atoms with E-state index in [1.54, 1.807) is 18.2 Å². The van der Waals surface area contributed by atoms with Crippen LogP contribution in [0.2, 0.25) is 0 Å². The summed E-state index contributed by atoms with van der Waals surface area (Å²) < 4.78 is 27.6. The molecule has 0 radical (unpaired) electrons. The Hall–Kier alpha value is -2.81. The van der Waals surface area contributed by atoms with E-state index < -0.39 is 41.6 Å². The number of amides is 4. The Morgan fingerprint density at radius 3 is 2.54 bits per heavy atom. The summed E-state index contributed by atoms with van der Waals surface area (Å²) >= 11 is 3.36. The molecule has 1 unspecified atom stereocenters. The molecule has 0 bridgehead atoms. The van der Waals surface area contributed by atoms with Gasteiger partial charge in [0.15, 0.2) is 11.6 Å². The second-order valence-electron chi connectivity index (χ2n) is 6.59. The number of halogens is 3. The van der Waals surface area contributed by atoms with E-state index in [-0.39, 0.29) is 5.56 Å². The maximum atomic E-state index is 13.6. The molecule has 2 aromatic rings. The van der Waals surface area contributed by atoms with E-state index in [4.69, 9.17) is 0 Å². The number of nitrogens with one attached hydrogen (secondary N) is 2. The highest BCUT2D eigenvalue weighted by molar-refractivity contribution is 9.10. The zero-order valence-corrected chi connectivity index (χ0v) is 16.6. The number of carbonyl (C=O) groups excluding carboxylic acids is 3. The van der Waals surface area contributed by atoms with Gasteiger partial charge in [-0.05, 0) is 55.3 Å².